The largest absolute Gasteiger partial charge is 0.383 e. The maximum absolute atomic E-state index is 9.51. The van der Waals surface area contributed by atoms with E-state index in [-0.39, 0.29) is 0 Å². The van der Waals surface area contributed by atoms with E-state index in [1.807, 2.05) is 13.1 Å². The molecule has 1 saturated carbocycles. The van der Waals surface area contributed by atoms with E-state index in [0.717, 1.165) is 35.4 Å². The third-order valence-corrected chi connectivity index (χ3v) is 4.69. The molecule has 2 N–H and O–H groups in total. The second-order valence-electron chi connectivity index (χ2n) is 6.04. The van der Waals surface area contributed by atoms with Crippen LogP contribution in [0.1, 0.15) is 54.8 Å². The molecule has 5 nitrogen and oxygen atoms in total. The van der Waals surface area contributed by atoms with Gasteiger partial charge in [0.05, 0.1) is 5.69 Å². The minimum atomic E-state index is 0.338. The van der Waals surface area contributed by atoms with Crippen molar-refractivity contribution in [3.8, 4) is 17.3 Å². The van der Waals surface area contributed by atoms with E-state index in [9.17, 15) is 5.26 Å². The second kappa shape index (κ2) is 5.80. The topological polar surface area (TPSA) is 80.5 Å². The number of nitrogens with zero attached hydrogens (tertiary/aromatic N) is 4. The van der Waals surface area contributed by atoms with Gasteiger partial charge in [0.15, 0.2) is 0 Å². The molecule has 5 heteroatoms. The summed E-state index contributed by atoms with van der Waals surface area (Å²) in [5.41, 5.74) is 10.5. The zero-order valence-electron chi connectivity index (χ0n) is 13.1. The minimum absolute atomic E-state index is 0.338. The van der Waals surface area contributed by atoms with Crippen molar-refractivity contribution in [1.82, 2.24) is 14.8 Å². The number of aromatic nitrogens is 3. The molecule has 1 fully saturated rings. The number of aryl methyl sites for hydroxylation is 1. The van der Waals surface area contributed by atoms with Gasteiger partial charge in [0.25, 0.3) is 0 Å². The molecule has 0 saturated heterocycles. The van der Waals surface area contributed by atoms with E-state index >= 15 is 0 Å². The summed E-state index contributed by atoms with van der Waals surface area (Å²) in [4.78, 5) is 4.59. The lowest BCUT2D eigenvalue weighted by atomic mass is 9.83. The molecule has 2 aromatic rings. The maximum atomic E-state index is 9.51. The van der Waals surface area contributed by atoms with Gasteiger partial charge in [0.2, 0.25) is 0 Å². The minimum Gasteiger partial charge on any atom is -0.383 e. The number of rotatable bonds is 2. The van der Waals surface area contributed by atoms with Crippen molar-refractivity contribution in [1.29, 1.82) is 5.26 Å². The van der Waals surface area contributed by atoms with Crippen LogP contribution in [0.2, 0.25) is 0 Å². The summed E-state index contributed by atoms with van der Waals surface area (Å²) >= 11 is 0. The van der Waals surface area contributed by atoms with Gasteiger partial charge in [-0.1, -0.05) is 19.3 Å². The summed E-state index contributed by atoms with van der Waals surface area (Å²) in [5, 5.41) is 13.7. The van der Waals surface area contributed by atoms with Gasteiger partial charge in [0.1, 0.15) is 17.5 Å². The van der Waals surface area contributed by atoms with Crippen molar-refractivity contribution in [2.75, 3.05) is 5.73 Å². The predicted molar refractivity (Wildman–Crippen MR) is 86.1 cm³/mol. The lowest BCUT2D eigenvalue weighted by Gasteiger charge is -2.24. The van der Waals surface area contributed by atoms with Crippen LogP contribution in [-0.4, -0.2) is 14.8 Å². The molecule has 2 aromatic heterocycles. The van der Waals surface area contributed by atoms with Gasteiger partial charge >= 0.3 is 0 Å². The van der Waals surface area contributed by atoms with Gasteiger partial charge in [-0.05, 0) is 31.4 Å². The Kier molecular flexibility index (Phi) is 3.84. The van der Waals surface area contributed by atoms with Crippen molar-refractivity contribution in [3.63, 3.8) is 0 Å². The first-order valence-electron chi connectivity index (χ1n) is 7.82. The molecule has 0 aromatic carbocycles. The van der Waals surface area contributed by atoms with Crippen LogP contribution in [0.4, 0.5) is 5.82 Å². The van der Waals surface area contributed by atoms with Crippen LogP contribution in [0.3, 0.4) is 0 Å². The zero-order valence-corrected chi connectivity index (χ0v) is 13.1. The molecule has 2 heterocycles. The Balaban J connectivity index is 2.21. The lowest BCUT2D eigenvalue weighted by Crippen LogP contribution is -2.13. The van der Waals surface area contributed by atoms with Crippen molar-refractivity contribution in [3.05, 3.63) is 29.1 Å². The molecule has 0 atom stereocenters. The van der Waals surface area contributed by atoms with Crippen LogP contribution in [-0.2, 0) is 7.05 Å². The first-order valence-corrected chi connectivity index (χ1v) is 7.82. The molecule has 0 unspecified atom stereocenters. The second-order valence-corrected chi connectivity index (χ2v) is 6.04. The highest BCUT2D eigenvalue weighted by Gasteiger charge is 2.25. The Bertz CT molecular complexity index is 732. The molecule has 0 radical (unpaired) electrons. The predicted octanol–water partition coefficient (Wildman–Crippen LogP) is 3.29. The number of anilines is 1. The smallest absolute Gasteiger partial charge is 0.142 e. The molecule has 0 amide bonds. The fourth-order valence-electron chi connectivity index (χ4n) is 3.54. The normalized spacial score (nSPS) is 15.7. The lowest BCUT2D eigenvalue weighted by molar-refractivity contribution is 0.435. The Morgan fingerprint density at radius 1 is 1.32 bits per heavy atom. The Labute approximate surface area is 130 Å². The van der Waals surface area contributed by atoms with Crippen LogP contribution in [0.25, 0.3) is 11.3 Å². The summed E-state index contributed by atoms with van der Waals surface area (Å²) in [6, 6.07) is 4.15. The summed E-state index contributed by atoms with van der Waals surface area (Å²) in [6.45, 7) is 2.06. The van der Waals surface area contributed by atoms with Gasteiger partial charge in [-0.2, -0.15) is 10.4 Å². The van der Waals surface area contributed by atoms with Crippen LogP contribution in [0.5, 0.6) is 0 Å². The molecule has 0 spiro atoms. The number of nitrogens with two attached hydrogens (primary N) is 1. The molecular weight excluding hydrogens is 274 g/mol. The number of hydrogen-bond donors (Lipinski definition) is 1. The van der Waals surface area contributed by atoms with Gasteiger partial charge in [-0.3, -0.25) is 4.68 Å². The van der Waals surface area contributed by atoms with Crippen molar-refractivity contribution < 1.29 is 0 Å². The molecule has 1 aliphatic carbocycles. The van der Waals surface area contributed by atoms with Crippen molar-refractivity contribution in [2.24, 2.45) is 7.05 Å². The Hall–Kier alpha value is -2.35. The monoisotopic (exact) mass is 295 g/mol. The van der Waals surface area contributed by atoms with E-state index in [0.29, 0.717) is 17.3 Å². The molecule has 1 aliphatic rings. The summed E-state index contributed by atoms with van der Waals surface area (Å²) in [7, 11) is 1.88. The fraction of sp³-hybridized carbons (Fsp3) is 0.471. The van der Waals surface area contributed by atoms with Crippen molar-refractivity contribution in [2.45, 2.75) is 44.9 Å². The summed E-state index contributed by atoms with van der Waals surface area (Å²) < 4.78 is 1.78. The summed E-state index contributed by atoms with van der Waals surface area (Å²) in [6.07, 6.45) is 7.84. The van der Waals surface area contributed by atoms with Crippen LogP contribution < -0.4 is 5.73 Å². The number of nitriles is 1. The molecular formula is C17H21N5. The fourth-order valence-corrected chi connectivity index (χ4v) is 3.54. The Morgan fingerprint density at radius 2 is 2.05 bits per heavy atom. The third-order valence-electron chi connectivity index (χ3n) is 4.69. The quantitative estimate of drug-likeness (QED) is 0.921. The van der Waals surface area contributed by atoms with Crippen LogP contribution in [0.15, 0.2) is 12.3 Å². The molecule has 0 bridgehead atoms. The van der Waals surface area contributed by atoms with E-state index < -0.39 is 0 Å². The van der Waals surface area contributed by atoms with Crippen LogP contribution in [0, 0.1) is 18.3 Å². The van der Waals surface area contributed by atoms with E-state index in [2.05, 4.69) is 23.1 Å². The summed E-state index contributed by atoms with van der Waals surface area (Å²) in [5.74, 6) is 0.792. The highest BCUT2D eigenvalue weighted by molar-refractivity contribution is 5.77. The highest BCUT2D eigenvalue weighted by Crippen LogP contribution is 2.38. The van der Waals surface area contributed by atoms with Gasteiger partial charge in [-0.15, -0.1) is 0 Å². The maximum Gasteiger partial charge on any atom is 0.142 e. The van der Waals surface area contributed by atoms with E-state index in [4.69, 9.17) is 5.73 Å². The molecule has 0 aliphatic heterocycles. The third kappa shape index (κ3) is 2.35. The number of pyridine rings is 1. The van der Waals surface area contributed by atoms with Crippen LogP contribution >= 0.6 is 0 Å². The molecule has 22 heavy (non-hydrogen) atoms. The zero-order chi connectivity index (χ0) is 15.7. The van der Waals surface area contributed by atoms with E-state index in [1.54, 1.807) is 10.9 Å². The Morgan fingerprint density at radius 3 is 2.64 bits per heavy atom. The van der Waals surface area contributed by atoms with Crippen molar-refractivity contribution >= 4 is 5.82 Å². The van der Waals surface area contributed by atoms with Gasteiger partial charge in [0, 0.05) is 30.4 Å². The average molecular weight is 295 g/mol. The van der Waals surface area contributed by atoms with Gasteiger partial charge < -0.3 is 5.73 Å². The number of hydrogen-bond acceptors (Lipinski definition) is 4. The number of nitrogen functional groups attached to an aromatic ring is 1. The first-order chi connectivity index (χ1) is 10.6. The highest BCUT2D eigenvalue weighted by atomic mass is 15.3. The molecule has 3 rings (SSSR count). The van der Waals surface area contributed by atoms with E-state index in [1.165, 1.54) is 19.3 Å². The molecule has 114 valence electrons. The SMILES string of the molecule is Cc1c(C2CCCCC2)nc(N)c(C#N)c1-c1ccnn1C. The standard InChI is InChI=1S/C17H21N5/c1-11-15(14-8-9-20-22(14)2)13(10-18)17(19)21-16(11)12-6-4-3-5-7-12/h8-9,12H,3-7H2,1-2H3,(H2,19,21). The average Bonchev–Trinajstić information content (AvgIpc) is 2.95. The van der Waals surface area contributed by atoms with Gasteiger partial charge in [-0.25, -0.2) is 4.98 Å². The first kappa shape index (κ1) is 14.6.